The summed E-state index contributed by atoms with van der Waals surface area (Å²) in [7, 11) is 1.60. The lowest BCUT2D eigenvalue weighted by atomic mass is 10.0. The number of fused-ring (bicyclic) bond motifs is 1. The van der Waals surface area contributed by atoms with Gasteiger partial charge in [-0.1, -0.05) is 12.1 Å². The lowest BCUT2D eigenvalue weighted by Crippen LogP contribution is -2.28. The summed E-state index contributed by atoms with van der Waals surface area (Å²) >= 11 is 0. The molecule has 0 saturated carbocycles. The van der Waals surface area contributed by atoms with E-state index in [0.29, 0.717) is 31.7 Å². The fourth-order valence-corrected chi connectivity index (χ4v) is 4.35. The number of pyridine rings is 1. The topological polar surface area (TPSA) is 80.2 Å². The summed E-state index contributed by atoms with van der Waals surface area (Å²) in [5.74, 6) is 1.25. The van der Waals surface area contributed by atoms with Crippen molar-refractivity contribution in [3.8, 4) is 17.0 Å². The van der Waals surface area contributed by atoms with Crippen LogP contribution in [0.25, 0.3) is 11.3 Å². The third kappa shape index (κ3) is 4.88. The molecule has 0 spiro atoms. The summed E-state index contributed by atoms with van der Waals surface area (Å²) in [5, 5.41) is 2.61. The Kier molecular flexibility index (Phi) is 6.58. The highest BCUT2D eigenvalue weighted by atomic mass is 19.1. The Hall–Kier alpha value is -4.33. The Morgan fingerprint density at radius 1 is 1.08 bits per heavy atom. The van der Waals surface area contributed by atoms with Crippen molar-refractivity contribution >= 4 is 11.7 Å². The number of carbonyl (C=O) groups excluding carboxylic acids is 1. The van der Waals surface area contributed by atoms with Crippen LogP contribution in [0.15, 0.2) is 67.1 Å². The zero-order valence-electron chi connectivity index (χ0n) is 20.2. The molecule has 1 aliphatic rings. The van der Waals surface area contributed by atoms with Crippen molar-refractivity contribution < 1.29 is 13.9 Å². The maximum absolute atomic E-state index is 13.4. The van der Waals surface area contributed by atoms with Gasteiger partial charge in [0.2, 0.25) is 0 Å². The summed E-state index contributed by atoms with van der Waals surface area (Å²) in [6.07, 6.45) is 3.77. The Morgan fingerprint density at radius 3 is 2.67 bits per heavy atom. The molecule has 0 unspecified atom stereocenters. The Morgan fingerprint density at radius 2 is 1.92 bits per heavy atom. The molecule has 1 aliphatic heterocycles. The highest BCUT2D eigenvalue weighted by Gasteiger charge is 2.21. The van der Waals surface area contributed by atoms with E-state index in [1.54, 1.807) is 37.8 Å². The van der Waals surface area contributed by atoms with Gasteiger partial charge in [-0.25, -0.2) is 14.4 Å². The van der Waals surface area contributed by atoms with Gasteiger partial charge in [0.05, 0.1) is 17.8 Å². The van der Waals surface area contributed by atoms with E-state index >= 15 is 0 Å². The molecule has 5 rings (SSSR count). The van der Waals surface area contributed by atoms with Crippen molar-refractivity contribution in [1.82, 2.24) is 20.3 Å². The predicted molar refractivity (Wildman–Crippen MR) is 136 cm³/mol. The largest absolute Gasteiger partial charge is 0.491 e. The van der Waals surface area contributed by atoms with Gasteiger partial charge in [0.1, 0.15) is 30.3 Å². The first kappa shape index (κ1) is 23.4. The molecule has 1 amide bonds. The SMILES string of the molecule is CNC(=O)c1ccc(-c2ccc3c(c2)CN(c2ncnc(C)c2Cc2ccc(F)cc2)CCO3)nc1. The lowest BCUT2D eigenvalue weighted by molar-refractivity contribution is 0.0962. The van der Waals surface area contributed by atoms with Crippen LogP contribution in [0.1, 0.15) is 32.7 Å². The smallest absolute Gasteiger partial charge is 0.252 e. The monoisotopic (exact) mass is 483 g/mol. The van der Waals surface area contributed by atoms with Gasteiger partial charge < -0.3 is 15.0 Å². The van der Waals surface area contributed by atoms with E-state index in [-0.39, 0.29) is 11.7 Å². The van der Waals surface area contributed by atoms with E-state index in [4.69, 9.17) is 4.74 Å². The maximum Gasteiger partial charge on any atom is 0.252 e. The van der Waals surface area contributed by atoms with Gasteiger partial charge in [-0.05, 0) is 55.0 Å². The molecule has 0 radical (unpaired) electrons. The average molecular weight is 484 g/mol. The minimum atomic E-state index is -0.255. The van der Waals surface area contributed by atoms with Crippen LogP contribution in [0.2, 0.25) is 0 Å². The van der Waals surface area contributed by atoms with Crippen LogP contribution in [0.5, 0.6) is 5.75 Å². The Labute approximate surface area is 209 Å². The van der Waals surface area contributed by atoms with Crippen LogP contribution in [0.4, 0.5) is 10.2 Å². The number of hydrogen-bond donors (Lipinski definition) is 1. The maximum atomic E-state index is 13.4. The molecule has 36 heavy (non-hydrogen) atoms. The molecule has 8 heteroatoms. The number of halogens is 1. The standard InChI is InChI=1S/C28H26FN5O2/c1-18-24(13-19-3-7-23(29)8-4-19)27(33-17-32-18)34-11-12-36-26-10-6-20(14-22(26)16-34)25-9-5-21(15-31-25)28(35)30-2/h3-10,14-15,17H,11-13,16H2,1-2H3,(H,30,35). The molecule has 1 N–H and O–H groups in total. The van der Waals surface area contributed by atoms with E-state index in [1.165, 1.54) is 12.1 Å². The third-order valence-electron chi connectivity index (χ3n) is 6.32. The molecule has 0 aliphatic carbocycles. The van der Waals surface area contributed by atoms with Gasteiger partial charge in [0.25, 0.3) is 5.91 Å². The Bertz CT molecular complexity index is 1390. The summed E-state index contributed by atoms with van der Waals surface area (Å²) in [6.45, 7) is 3.76. The van der Waals surface area contributed by atoms with E-state index in [0.717, 1.165) is 45.2 Å². The molecule has 3 heterocycles. The second kappa shape index (κ2) is 10.1. The number of amides is 1. The minimum Gasteiger partial charge on any atom is -0.491 e. The fraction of sp³-hybridized carbons (Fsp3) is 0.214. The molecule has 182 valence electrons. The number of nitrogens with zero attached hydrogens (tertiary/aromatic N) is 4. The average Bonchev–Trinajstić information content (AvgIpc) is 3.12. The highest BCUT2D eigenvalue weighted by molar-refractivity contribution is 5.93. The first-order valence-electron chi connectivity index (χ1n) is 11.8. The quantitative estimate of drug-likeness (QED) is 0.455. The van der Waals surface area contributed by atoms with Crippen molar-refractivity contribution in [2.75, 3.05) is 25.1 Å². The van der Waals surface area contributed by atoms with E-state index < -0.39 is 0 Å². The van der Waals surface area contributed by atoms with Crippen molar-refractivity contribution in [3.05, 3.63) is 101 Å². The minimum absolute atomic E-state index is 0.170. The number of aromatic nitrogens is 3. The fourth-order valence-electron chi connectivity index (χ4n) is 4.35. The molecule has 2 aromatic heterocycles. The lowest BCUT2D eigenvalue weighted by Gasteiger charge is -2.24. The number of anilines is 1. The third-order valence-corrected chi connectivity index (χ3v) is 6.32. The summed E-state index contributed by atoms with van der Waals surface area (Å²) in [4.78, 5) is 27.6. The van der Waals surface area contributed by atoms with Crippen LogP contribution in [0, 0.1) is 12.7 Å². The summed E-state index contributed by atoms with van der Waals surface area (Å²) < 4.78 is 19.5. The molecule has 0 bridgehead atoms. The van der Waals surface area contributed by atoms with Crippen LogP contribution in [-0.2, 0) is 13.0 Å². The first-order chi connectivity index (χ1) is 17.5. The van der Waals surface area contributed by atoms with Gasteiger partial charge in [-0.2, -0.15) is 0 Å². The van der Waals surface area contributed by atoms with Crippen molar-refractivity contribution in [3.63, 3.8) is 0 Å². The van der Waals surface area contributed by atoms with Crippen molar-refractivity contribution in [2.45, 2.75) is 19.9 Å². The zero-order chi connectivity index (χ0) is 25.1. The number of aryl methyl sites for hydroxylation is 1. The van der Waals surface area contributed by atoms with Gasteiger partial charge in [0, 0.05) is 48.6 Å². The number of hydrogen-bond acceptors (Lipinski definition) is 6. The number of ether oxygens (including phenoxy) is 1. The molecule has 0 fully saturated rings. The van der Waals surface area contributed by atoms with E-state index in [1.807, 2.05) is 25.1 Å². The van der Waals surface area contributed by atoms with Gasteiger partial charge >= 0.3 is 0 Å². The molecule has 0 saturated heterocycles. The van der Waals surface area contributed by atoms with E-state index in [9.17, 15) is 9.18 Å². The second-order valence-corrected chi connectivity index (χ2v) is 8.67. The number of rotatable bonds is 5. The predicted octanol–water partition coefficient (Wildman–Crippen LogP) is 4.34. The van der Waals surface area contributed by atoms with Crippen molar-refractivity contribution in [2.24, 2.45) is 0 Å². The van der Waals surface area contributed by atoms with Crippen LogP contribution in [-0.4, -0.2) is 41.1 Å². The van der Waals surface area contributed by atoms with Crippen LogP contribution >= 0.6 is 0 Å². The molecule has 4 aromatic rings. The molecule has 0 atom stereocenters. The normalized spacial score (nSPS) is 12.9. The zero-order valence-corrected chi connectivity index (χ0v) is 20.2. The first-order valence-corrected chi connectivity index (χ1v) is 11.8. The number of carbonyl (C=O) groups is 1. The van der Waals surface area contributed by atoms with Gasteiger partial charge in [-0.15, -0.1) is 0 Å². The number of benzene rings is 2. The molecular formula is C28H26FN5O2. The summed E-state index contributed by atoms with van der Waals surface area (Å²) in [6, 6.07) is 16.2. The van der Waals surface area contributed by atoms with Gasteiger partial charge in [-0.3, -0.25) is 9.78 Å². The highest BCUT2D eigenvalue weighted by Crippen LogP contribution is 2.32. The molecule has 2 aromatic carbocycles. The van der Waals surface area contributed by atoms with Crippen molar-refractivity contribution in [1.29, 1.82) is 0 Å². The molecular weight excluding hydrogens is 457 g/mol. The van der Waals surface area contributed by atoms with Crippen LogP contribution in [0.3, 0.4) is 0 Å². The second-order valence-electron chi connectivity index (χ2n) is 8.67. The summed E-state index contributed by atoms with van der Waals surface area (Å²) in [5.41, 5.74) is 6.14. The van der Waals surface area contributed by atoms with Crippen LogP contribution < -0.4 is 15.0 Å². The number of nitrogens with one attached hydrogen (secondary N) is 1. The Balaban J connectivity index is 1.45. The van der Waals surface area contributed by atoms with Gasteiger partial charge in [0.15, 0.2) is 0 Å². The van der Waals surface area contributed by atoms with E-state index in [2.05, 4.69) is 31.2 Å². The molecule has 7 nitrogen and oxygen atoms in total.